The van der Waals surface area contributed by atoms with Gasteiger partial charge in [-0.2, -0.15) is 4.98 Å². The lowest BCUT2D eigenvalue weighted by Gasteiger charge is -1.98. The Balaban J connectivity index is 2.12. The van der Waals surface area contributed by atoms with E-state index in [2.05, 4.69) is 20.8 Å². The van der Waals surface area contributed by atoms with E-state index in [1.807, 2.05) is 0 Å². The summed E-state index contributed by atoms with van der Waals surface area (Å²) in [6, 6.07) is 0. The van der Waals surface area contributed by atoms with Crippen molar-refractivity contribution in [1.29, 1.82) is 0 Å². The molecule has 1 aliphatic rings. The van der Waals surface area contributed by atoms with Crippen LogP contribution in [0.25, 0.3) is 0 Å². The van der Waals surface area contributed by atoms with Crippen LogP contribution in [0.15, 0.2) is 4.52 Å². The van der Waals surface area contributed by atoms with Crippen molar-refractivity contribution in [3.63, 3.8) is 0 Å². The molecule has 76 valence electrons. The van der Waals surface area contributed by atoms with Gasteiger partial charge in [0.2, 0.25) is 5.89 Å². The summed E-state index contributed by atoms with van der Waals surface area (Å²) in [7, 11) is 1.54. The number of carbonyl (C=O) groups excluding carboxylic acids is 1. The molecule has 0 saturated carbocycles. The molecule has 0 radical (unpaired) electrons. The number of nitrogens with one attached hydrogen (secondary N) is 2. The Hall–Kier alpha value is -1.43. The molecule has 1 saturated heterocycles. The molecule has 1 amide bonds. The molecule has 1 aromatic rings. The Morgan fingerprint density at radius 2 is 2.57 bits per heavy atom. The van der Waals surface area contributed by atoms with Gasteiger partial charge in [0, 0.05) is 13.6 Å². The smallest absolute Gasteiger partial charge is 0.292 e. The fraction of sp³-hybridized carbons (Fsp3) is 0.625. The molecule has 1 atom stereocenters. The number of hydrogen-bond acceptors (Lipinski definition) is 5. The van der Waals surface area contributed by atoms with Gasteiger partial charge in [-0.15, -0.1) is 0 Å². The molecule has 6 heteroatoms. The van der Waals surface area contributed by atoms with Crippen molar-refractivity contribution in [2.75, 3.05) is 20.1 Å². The van der Waals surface area contributed by atoms with E-state index in [1.165, 1.54) is 7.05 Å². The van der Waals surface area contributed by atoms with Gasteiger partial charge in [-0.1, -0.05) is 5.16 Å². The molecule has 0 bridgehead atoms. The third-order valence-corrected chi connectivity index (χ3v) is 2.28. The molecule has 0 spiro atoms. The largest absolute Gasteiger partial charge is 0.352 e. The molecule has 2 heterocycles. The van der Waals surface area contributed by atoms with Crippen LogP contribution in [0.2, 0.25) is 0 Å². The predicted octanol–water partition coefficient (Wildman–Crippen LogP) is -0.494. The molecule has 0 aliphatic carbocycles. The summed E-state index contributed by atoms with van der Waals surface area (Å²) in [5, 5.41) is 9.25. The van der Waals surface area contributed by atoms with Crippen LogP contribution in [0.5, 0.6) is 0 Å². The fourth-order valence-electron chi connectivity index (χ4n) is 1.47. The van der Waals surface area contributed by atoms with Crippen molar-refractivity contribution in [1.82, 2.24) is 20.8 Å². The van der Waals surface area contributed by atoms with Crippen LogP contribution < -0.4 is 10.6 Å². The average Bonchev–Trinajstić information content (AvgIpc) is 2.86. The summed E-state index contributed by atoms with van der Waals surface area (Å²) >= 11 is 0. The van der Waals surface area contributed by atoms with Gasteiger partial charge in [0.05, 0.1) is 5.92 Å². The maximum Gasteiger partial charge on any atom is 0.292 e. The second-order valence-corrected chi connectivity index (χ2v) is 3.23. The highest BCUT2D eigenvalue weighted by atomic mass is 16.5. The first kappa shape index (κ1) is 9.14. The molecule has 2 rings (SSSR count). The first-order valence-corrected chi connectivity index (χ1v) is 4.57. The van der Waals surface area contributed by atoms with Gasteiger partial charge in [0.25, 0.3) is 11.7 Å². The molecule has 1 fully saturated rings. The standard InChI is InChI=1S/C8H12N4O2/c1-9-7(13)6-11-8(14-12-6)5-2-3-10-4-5/h5,10H,2-4H2,1H3,(H,9,13). The minimum atomic E-state index is -0.314. The van der Waals surface area contributed by atoms with Crippen molar-refractivity contribution in [3.05, 3.63) is 11.7 Å². The molecule has 14 heavy (non-hydrogen) atoms. The number of nitrogens with zero attached hydrogens (tertiary/aromatic N) is 2. The first-order valence-electron chi connectivity index (χ1n) is 4.57. The minimum Gasteiger partial charge on any atom is -0.352 e. The van der Waals surface area contributed by atoms with Crippen LogP contribution in [0, 0.1) is 0 Å². The molecule has 6 nitrogen and oxygen atoms in total. The topological polar surface area (TPSA) is 80.0 Å². The summed E-state index contributed by atoms with van der Waals surface area (Å²) in [4.78, 5) is 15.2. The summed E-state index contributed by atoms with van der Waals surface area (Å²) in [5.41, 5.74) is 0. The second kappa shape index (κ2) is 3.75. The van der Waals surface area contributed by atoms with E-state index >= 15 is 0 Å². The van der Waals surface area contributed by atoms with E-state index in [0.717, 1.165) is 19.5 Å². The Morgan fingerprint density at radius 3 is 3.21 bits per heavy atom. The number of carbonyl (C=O) groups is 1. The van der Waals surface area contributed by atoms with Crippen LogP contribution in [-0.4, -0.2) is 36.2 Å². The number of hydrogen-bond donors (Lipinski definition) is 2. The van der Waals surface area contributed by atoms with Gasteiger partial charge in [-0.3, -0.25) is 4.79 Å². The normalized spacial score (nSPS) is 21.1. The van der Waals surface area contributed by atoms with Crippen LogP contribution in [0.4, 0.5) is 0 Å². The van der Waals surface area contributed by atoms with E-state index in [-0.39, 0.29) is 17.6 Å². The summed E-state index contributed by atoms with van der Waals surface area (Å²) in [6.45, 7) is 1.80. The van der Waals surface area contributed by atoms with Gasteiger partial charge >= 0.3 is 0 Å². The minimum absolute atomic E-state index is 0.106. The fourth-order valence-corrected chi connectivity index (χ4v) is 1.47. The average molecular weight is 196 g/mol. The van der Waals surface area contributed by atoms with Gasteiger partial charge < -0.3 is 15.2 Å². The maximum absolute atomic E-state index is 11.1. The van der Waals surface area contributed by atoms with Crippen LogP contribution >= 0.6 is 0 Å². The van der Waals surface area contributed by atoms with E-state index in [9.17, 15) is 4.79 Å². The Morgan fingerprint density at radius 1 is 1.71 bits per heavy atom. The van der Waals surface area contributed by atoms with Crippen molar-refractivity contribution >= 4 is 5.91 Å². The van der Waals surface area contributed by atoms with Gasteiger partial charge in [-0.25, -0.2) is 0 Å². The summed E-state index contributed by atoms with van der Waals surface area (Å²) < 4.78 is 5.01. The van der Waals surface area contributed by atoms with Crippen molar-refractivity contribution < 1.29 is 9.32 Å². The number of rotatable bonds is 2. The lowest BCUT2D eigenvalue weighted by molar-refractivity contribution is 0.0950. The highest BCUT2D eigenvalue weighted by molar-refractivity contribution is 5.89. The van der Waals surface area contributed by atoms with Gasteiger partial charge in [0.15, 0.2) is 0 Å². The van der Waals surface area contributed by atoms with Crippen molar-refractivity contribution in [2.45, 2.75) is 12.3 Å². The second-order valence-electron chi connectivity index (χ2n) is 3.23. The van der Waals surface area contributed by atoms with Crippen molar-refractivity contribution in [3.8, 4) is 0 Å². The lowest BCUT2D eigenvalue weighted by atomic mass is 10.1. The monoisotopic (exact) mass is 196 g/mol. The SMILES string of the molecule is CNC(=O)c1noc(C2CCNC2)n1. The molecule has 1 unspecified atom stereocenters. The Labute approximate surface area is 81.1 Å². The van der Waals surface area contributed by atoms with Gasteiger partial charge in [0.1, 0.15) is 0 Å². The van der Waals surface area contributed by atoms with E-state index in [1.54, 1.807) is 0 Å². The number of amides is 1. The zero-order valence-corrected chi connectivity index (χ0v) is 7.91. The lowest BCUT2D eigenvalue weighted by Crippen LogP contribution is -2.19. The quantitative estimate of drug-likeness (QED) is 0.667. The molecule has 1 aliphatic heterocycles. The summed E-state index contributed by atoms with van der Waals surface area (Å²) in [6.07, 6.45) is 0.982. The Kier molecular flexibility index (Phi) is 2.45. The highest BCUT2D eigenvalue weighted by Gasteiger charge is 2.24. The molecular weight excluding hydrogens is 184 g/mol. The maximum atomic E-state index is 11.1. The predicted molar refractivity (Wildman–Crippen MR) is 47.9 cm³/mol. The summed E-state index contributed by atoms with van der Waals surface area (Å²) in [5.74, 6) is 0.592. The number of aromatic nitrogens is 2. The first-order chi connectivity index (χ1) is 6.81. The van der Waals surface area contributed by atoms with E-state index < -0.39 is 0 Å². The third kappa shape index (κ3) is 1.60. The molecule has 1 aromatic heterocycles. The van der Waals surface area contributed by atoms with E-state index in [0.29, 0.717) is 5.89 Å². The van der Waals surface area contributed by atoms with E-state index in [4.69, 9.17) is 4.52 Å². The van der Waals surface area contributed by atoms with Crippen LogP contribution in [0.3, 0.4) is 0 Å². The van der Waals surface area contributed by atoms with Crippen LogP contribution in [-0.2, 0) is 0 Å². The molecule has 2 N–H and O–H groups in total. The highest BCUT2D eigenvalue weighted by Crippen LogP contribution is 2.19. The van der Waals surface area contributed by atoms with Crippen molar-refractivity contribution in [2.24, 2.45) is 0 Å². The van der Waals surface area contributed by atoms with Crippen LogP contribution in [0.1, 0.15) is 28.8 Å². The zero-order valence-electron chi connectivity index (χ0n) is 7.91. The Bertz CT molecular complexity index is 330. The third-order valence-electron chi connectivity index (χ3n) is 2.28. The molecule has 0 aromatic carbocycles. The zero-order chi connectivity index (χ0) is 9.97. The van der Waals surface area contributed by atoms with Gasteiger partial charge in [-0.05, 0) is 13.0 Å². The molecular formula is C8H12N4O2.